The summed E-state index contributed by atoms with van der Waals surface area (Å²) >= 11 is 0. The Morgan fingerprint density at radius 2 is 2.28 bits per heavy atom. The average Bonchev–Trinajstić information content (AvgIpc) is 2.38. The highest BCUT2D eigenvalue weighted by Crippen LogP contribution is 2.26. The molecule has 18 heavy (non-hydrogen) atoms. The van der Waals surface area contributed by atoms with Gasteiger partial charge in [-0.2, -0.15) is 0 Å². The fourth-order valence-electron chi connectivity index (χ4n) is 1.90. The Balaban J connectivity index is 2.34. The molecule has 0 aromatic heterocycles. The van der Waals surface area contributed by atoms with E-state index in [2.05, 4.69) is 5.32 Å². The minimum atomic E-state index is -1.05. The van der Waals surface area contributed by atoms with Crippen molar-refractivity contribution in [2.75, 3.05) is 25.1 Å². The van der Waals surface area contributed by atoms with Gasteiger partial charge in [-0.15, -0.1) is 0 Å². The Kier molecular flexibility index (Phi) is 3.36. The van der Waals surface area contributed by atoms with E-state index in [9.17, 15) is 9.59 Å². The number of nitrogens with zero attached hydrogens (tertiary/aromatic N) is 1. The zero-order chi connectivity index (χ0) is 13.1. The number of nitrogens with one attached hydrogen (secondary N) is 1. The summed E-state index contributed by atoms with van der Waals surface area (Å²) in [5.41, 5.74) is 0.715. The maximum atomic E-state index is 11.7. The second kappa shape index (κ2) is 4.95. The van der Waals surface area contributed by atoms with Crippen LogP contribution in [-0.4, -0.2) is 37.3 Å². The lowest BCUT2D eigenvalue weighted by molar-refractivity contribution is 0.0693. The fraction of sp³-hybridized carbons (Fsp3) is 0.333. The molecule has 6 heteroatoms. The molecule has 1 aliphatic rings. The van der Waals surface area contributed by atoms with Crippen LogP contribution in [-0.2, 0) is 0 Å². The Morgan fingerprint density at radius 1 is 1.50 bits per heavy atom. The molecule has 1 heterocycles. The third-order valence-electron chi connectivity index (χ3n) is 2.81. The fourth-order valence-corrected chi connectivity index (χ4v) is 1.90. The minimum Gasteiger partial charge on any atom is -0.496 e. The highest BCUT2D eigenvalue weighted by Gasteiger charge is 2.21. The first-order valence-corrected chi connectivity index (χ1v) is 5.60. The second-order valence-corrected chi connectivity index (χ2v) is 3.93. The number of carbonyl (C=O) groups excluding carboxylic acids is 1. The summed E-state index contributed by atoms with van der Waals surface area (Å²) in [7, 11) is 1.40. The van der Waals surface area contributed by atoms with Gasteiger partial charge in [-0.1, -0.05) is 0 Å². The van der Waals surface area contributed by atoms with Crippen LogP contribution in [0.2, 0.25) is 0 Å². The number of amides is 2. The van der Waals surface area contributed by atoms with Crippen LogP contribution in [0.1, 0.15) is 16.8 Å². The Labute approximate surface area is 104 Å². The molecule has 0 unspecified atom stereocenters. The normalized spacial score (nSPS) is 15.2. The predicted molar refractivity (Wildman–Crippen MR) is 65.3 cm³/mol. The Morgan fingerprint density at radius 3 is 2.89 bits per heavy atom. The first-order chi connectivity index (χ1) is 8.63. The number of methoxy groups -OCH3 is 1. The number of carbonyl (C=O) groups is 2. The predicted octanol–water partition coefficient (Wildman–Crippen LogP) is 1.31. The highest BCUT2D eigenvalue weighted by atomic mass is 16.5. The summed E-state index contributed by atoms with van der Waals surface area (Å²) in [6.07, 6.45) is 0.856. The molecule has 6 nitrogen and oxygen atoms in total. The van der Waals surface area contributed by atoms with E-state index in [4.69, 9.17) is 9.84 Å². The van der Waals surface area contributed by atoms with E-state index in [0.29, 0.717) is 18.8 Å². The summed E-state index contributed by atoms with van der Waals surface area (Å²) in [6, 6.07) is 4.44. The molecule has 1 aromatic carbocycles. The molecular formula is C12H14N2O4. The van der Waals surface area contributed by atoms with E-state index in [0.717, 1.165) is 6.42 Å². The number of aromatic carboxylic acids is 1. The Hall–Kier alpha value is -2.24. The minimum absolute atomic E-state index is 0.0821. The number of anilines is 1. The summed E-state index contributed by atoms with van der Waals surface area (Å²) < 4.78 is 5.03. The van der Waals surface area contributed by atoms with E-state index in [1.165, 1.54) is 13.2 Å². The third-order valence-corrected chi connectivity index (χ3v) is 2.81. The van der Waals surface area contributed by atoms with Gasteiger partial charge < -0.3 is 15.2 Å². The van der Waals surface area contributed by atoms with Crippen molar-refractivity contribution in [3.63, 3.8) is 0 Å². The maximum Gasteiger partial charge on any atom is 0.339 e. The van der Waals surface area contributed by atoms with Gasteiger partial charge in [-0.05, 0) is 18.6 Å². The van der Waals surface area contributed by atoms with Crippen LogP contribution in [0.5, 0.6) is 5.75 Å². The SMILES string of the molecule is COc1cc(N2CCCNC2=O)ccc1C(=O)O. The summed E-state index contributed by atoms with van der Waals surface area (Å²) in [6.45, 7) is 1.28. The average molecular weight is 250 g/mol. The first kappa shape index (κ1) is 12.2. The number of rotatable bonds is 3. The smallest absolute Gasteiger partial charge is 0.339 e. The van der Waals surface area contributed by atoms with Crippen LogP contribution in [0.25, 0.3) is 0 Å². The van der Waals surface area contributed by atoms with Crippen molar-refractivity contribution < 1.29 is 19.4 Å². The molecule has 1 fully saturated rings. The number of hydrogen-bond donors (Lipinski definition) is 2. The molecular weight excluding hydrogens is 236 g/mol. The lowest BCUT2D eigenvalue weighted by Crippen LogP contribution is -2.46. The molecule has 0 aliphatic carbocycles. The van der Waals surface area contributed by atoms with E-state index in [1.54, 1.807) is 17.0 Å². The second-order valence-electron chi connectivity index (χ2n) is 3.93. The van der Waals surface area contributed by atoms with Crippen molar-refractivity contribution in [2.45, 2.75) is 6.42 Å². The number of carboxylic acid groups (broad SMARTS) is 1. The number of carboxylic acids is 1. The maximum absolute atomic E-state index is 11.7. The van der Waals surface area contributed by atoms with Crippen molar-refractivity contribution >= 4 is 17.7 Å². The van der Waals surface area contributed by atoms with E-state index in [1.807, 2.05) is 0 Å². The van der Waals surface area contributed by atoms with Crippen LogP contribution in [0, 0.1) is 0 Å². The first-order valence-electron chi connectivity index (χ1n) is 5.60. The third kappa shape index (κ3) is 2.22. The molecule has 0 spiro atoms. The van der Waals surface area contributed by atoms with Gasteiger partial charge in [0, 0.05) is 24.8 Å². The standard InChI is InChI=1S/C12H14N2O4/c1-18-10-7-8(3-4-9(10)11(15)16)14-6-2-5-13-12(14)17/h3-4,7H,2,5-6H2,1H3,(H,13,17)(H,15,16). The van der Waals surface area contributed by atoms with Crippen molar-refractivity contribution in [2.24, 2.45) is 0 Å². The van der Waals surface area contributed by atoms with Crippen molar-refractivity contribution in [1.82, 2.24) is 5.32 Å². The molecule has 1 aliphatic heterocycles. The zero-order valence-electron chi connectivity index (χ0n) is 9.97. The molecule has 0 atom stereocenters. The molecule has 1 saturated heterocycles. The summed E-state index contributed by atoms with van der Waals surface area (Å²) in [4.78, 5) is 24.2. The van der Waals surface area contributed by atoms with Gasteiger partial charge in [0.2, 0.25) is 0 Å². The number of ether oxygens (including phenoxy) is 1. The van der Waals surface area contributed by atoms with Gasteiger partial charge in [0.1, 0.15) is 11.3 Å². The lowest BCUT2D eigenvalue weighted by atomic mass is 10.1. The van der Waals surface area contributed by atoms with Crippen LogP contribution in [0.4, 0.5) is 10.5 Å². The van der Waals surface area contributed by atoms with Gasteiger partial charge in [-0.25, -0.2) is 9.59 Å². The van der Waals surface area contributed by atoms with Crippen LogP contribution in [0.3, 0.4) is 0 Å². The van der Waals surface area contributed by atoms with E-state index in [-0.39, 0.29) is 17.3 Å². The lowest BCUT2D eigenvalue weighted by Gasteiger charge is -2.27. The van der Waals surface area contributed by atoms with Crippen molar-refractivity contribution in [3.05, 3.63) is 23.8 Å². The quantitative estimate of drug-likeness (QED) is 0.847. The van der Waals surface area contributed by atoms with Crippen LogP contribution in [0.15, 0.2) is 18.2 Å². The molecule has 1 aromatic rings. The Bertz CT molecular complexity index is 487. The van der Waals surface area contributed by atoms with Gasteiger partial charge in [-0.3, -0.25) is 4.90 Å². The molecule has 96 valence electrons. The van der Waals surface area contributed by atoms with Crippen LogP contribution >= 0.6 is 0 Å². The number of urea groups is 1. The number of benzene rings is 1. The van der Waals surface area contributed by atoms with Gasteiger partial charge in [0.25, 0.3) is 0 Å². The molecule has 2 amide bonds. The largest absolute Gasteiger partial charge is 0.496 e. The highest BCUT2D eigenvalue weighted by molar-refractivity contribution is 5.95. The van der Waals surface area contributed by atoms with Gasteiger partial charge in [0.05, 0.1) is 7.11 Å². The zero-order valence-corrected chi connectivity index (χ0v) is 9.97. The number of hydrogen-bond acceptors (Lipinski definition) is 3. The molecule has 2 N–H and O–H groups in total. The van der Waals surface area contributed by atoms with Crippen molar-refractivity contribution in [1.29, 1.82) is 0 Å². The molecule has 0 saturated carbocycles. The molecule has 0 bridgehead atoms. The molecule has 2 rings (SSSR count). The van der Waals surface area contributed by atoms with E-state index >= 15 is 0 Å². The molecule has 0 radical (unpaired) electrons. The topological polar surface area (TPSA) is 78.9 Å². The van der Waals surface area contributed by atoms with Gasteiger partial charge in [0.15, 0.2) is 0 Å². The van der Waals surface area contributed by atoms with E-state index < -0.39 is 5.97 Å². The van der Waals surface area contributed by atoms with Crippen molar-refractivity contribution in [3.8, 4) is 5.75 Å². The summed E-state index contributed by atoms with van der Waals surface area (Å²) in [5.74, 6) is -0.806. The monoisotopic (exact) mass is 250 g/mol. The van der Waals surface area contributed by atoms with Crippen LogP contribution < -0.4 is 15.0 Å². The summed E-state index contributed by atoms with van der Waals surface area (Å²) in [5, 5.41) is 11.7. The van der Waals surface area contributed by atoms with Gasteiger partial charge >= 0.3 is 12.0 Å².